The summed E-state index contributed by atoms with van der Waals surface area (Å²) in [5.74, 6) is 1.01. The lowest BCUT2D eigenvalue weighted by molar-refractivity contribution is 0.0783. The number of hydrogen-bond acceptors (Lipinski definition) is 7. The summed E-state index contributed by atoms with van der Waals surface area (Å²) in [5, 5.41) is 7.15. The molecule has 0 unspecified atom stereocenters. The van der Waals surface area contributed by atoms with Crippen molar-refractivity contribution in [3.63, 3.8) is 0 Å². The van der Waals surface area contributed by atoms with Gasteiger partial charge in [0.05, 0.1) is 11.8 Å². The van der Waals surface area contributed by atoms with E-state index in [0.29, 0.717) is 47.8 Å². The first kappa shape index (κ1) is 23.9. The van der Waals surface area contributed by atoms with Crippen molar-refractivity contribution in [3.8, 4) is 22.6 Å². The number of likely N-dealkylation sites (tertiary alicyclic amines) is 1. The Labute approximate surface area is 213 Å². The number of amides is 2. The van der Waals surface area contributed by atoms with Gasteiger partial charge in [0.15, 0.2) is 0 Å². The van der Waals surface area contributed by atoms with E-state index in [9.17, 15) is 9.59 Å². The van der Waals surface area contributed by atoms with Crippen LogP contribution in [0.5, 0.6) is 11.5 Å². The number of nitrogen functional groups attached to an aromatic ring is 2. The minimum Gasteiger partial charge on any atom is -0.457 e. The Morgan fingerprint density at radius 2 is 1.70 bits per heavy atom. The van der Waals surface area contributed by atoms with Gasteiger partial charge in [-0.05, 0) is 61.0 Å². The maximum absolute atomic E-state index is 13.0. The summed E-state index contributed by atoms with van der Waals surface area (Å²) in [6, 6.07) is 15.6. The summed E-state index contributed by atoms with van der Waals surface area (Å²) in [6.45, 7) is 0.945. The van der Waals surface area contributed by atoms with Crippen LogP contribution >= 0.6 is 0 Å². The highest BCUT2D eigenvalue weighted by Gasteiger charge is 2.29. The molecule has 2 amide bonds. The van der Waals surface area contributed by atoms with Gasteiger partial charge in [0.25, 0.3) is 11.8 Å². The second-order valence-electron chi connectivity index (χ2n) is 8.97. The van der Waals surface area contributed by atoms with Crippen LogP contribution in [0, 0.1) is 0 Å². The molecule has 3 heterocycles. The van der Waals surface area contributed by atoms with Gasteiger partial charge in [0.1, 0.15) is 17.3 Å². The van der Waals surface area contributed by atoms with Gasteiger partial charge in [-0.15, -0.1) is 0 Å². The van der Waals surface area contributed by atoms with Crippen LogP contribution in [0.4, 0.5) is 11.5 Å². The molecule has 0 aliphatic carbocycles. The average Bonchev–Trinajstić information content (AvgIpc) is 3.55. The number of nitrogens with one attached hydrogen (secondary N) is 1. The number of rotatable bonds is 6. The first-order valence-electron chi connectivity index (χ1n) is 11.8. The summed E-state index contributed by atoms with van der Waals surface area (Å²) in [4.78, 5) is 31.9. The molecule has 10 nitrogen and oxygen atoms in total. The molecule has 188 valence electrons. The quantitative estimate of drug-likeness (QED) is 0.348. The smallest absolute Gasteiger partial charge is 0.255 e. The van der Waals surface area contributed by atoms with Gasteiger partial charge in [-0.25, -0.2) is 4.98 Å². The summed E-state index contributed by atoms with van der Waals surface area (Å²) in [6.07, 6.45) is 5.80. The van der Waals surface area contributed by atoms with Gasteiger partial charge in [-0.2, -0.15) is 5.10 Å². The number of hydrogen-bond donors (Lipinski definition) is 3. The average molecular weight is 498 g/mol. The van der Waals surface area contributed by atoms with Gasteiger partial charge in [0, 0.05) is 61.0 Å². The van der Waals surface area contributed by atoms with Gasteiger partial charge in [-0.3, -0.25) is 14.3 Å². The number of ether oxygens (including phenoxy) is 1. The van der Waals surface area contributed by atoms with E-state index in [0.717, 1.165) is 11.1 Å². The summed E-state index contributed by atoms with van der Waals surface area (Å²) < 4.78 is 7.47. The number of nitrogens with two attached hydrogens (primary N) is 2. The maximum Gasteiger partial charge on any atom is 0.255 e. The molecule has 4 aromatic rings. The molecule has 5 N–H and O–H groups in total. The number of aromatic nitrogens is 3. The van der Waals surface area contributed by atoms with Crippen LogP contribution in [-0.2, 0) is 7.05 Å². The van der Waals surface area contributed by atoms with Crippen LogP contribution in [0.15, 0.2) is 73.2 Å². The Morgan fingerprint density at radius 1 is 1.00 bits per heavy atom. The lowest BCUT2D eigenvalue weighted by atomic mass is 10.1. The maximum atomic E-state index is 13.0. The van der Waals surface area contributed by atoms with Gasteiger partial charge in [-0.1, -0.05) is 0 Å². The number of nitrogens with zero attached hydrogens (tertiary/aromatic N) is 4. The molecule has 2 aromatic heterocycles. The zero-order valence-electron chi connectivity index (χ0n) is 20.3. The van der Waals surface area contributed by atoms with Crippen molar-refractivity contribution in [3.05, 3.63) is 84.3 Å². The molecule has 1 fully saturated rings. The van der Waals surface area contributed by atoms with E-state index in [2.05, 4.69) is 15.4 Å². The minimum absolute atomic E-state index is 0.101. The minimum atomic E-state index is -0.320. The van der Waals surface area contributed by atoms with Crippen LogP contribution < -0.4 is 21.5 Å². The molecule has 1 aliphatic heterocycles. The molecule has 37 heavy (non-hydrogen) atoms. The zero-order valence-corrected chi connectivity index (χ0v) is 20.3. The Morgan fingerprint density at radius 3 is 2.38 bits per heavy atom. The summed E-state index contributed by atoms with van der Waals surface area (Å²) in [5.41, 5.74) is 14.8. The molecule has 0 bridgehead atoms. The second-order valence-corrected chi connectivity index (χ2v) is 8.97. The van der Waals surface area contributed by atoms with E-state index in [1.807, 2.05) is 13.2 Å². The zero-order chi connectivity index (χ0) is 25.9. The molecule has 1 atom stereocenters. The fourth-order valence-corrected chi connectivity index (χ4v) is 4.23. The molecule has 10 heteroatoms. The number of benzene rings is 2. The highest BCUT2D eigenvalue weighted by molar-refractivity contribution is 6.00. The van der Waals surface area contributed by atoms with Crippen molar-refractivity contribution >= 4 is 23.3 Å². The third-order valence-corrected chi connectivity index (χ3v) is 6.23. The Balaban J connectivity index is 1.19. The van der Waals surface area contributed by atoms with E-state index in [1.54, 1.807) is 76.6 Å². The second kappa shape index (κ2) is 10.0. The number of pyridine rings is 1. The van der Waals surface area contributed by atoms with Crippen LogP contribution in [0.3, 0.4) is 0 Å². The molecule has 1 aliphatic rings. The van der Waals surface area contributed by atoms with Crippen molar-refractivity contribution in [2.75, 3.05) is 24.6 Å². The normalized spacial score (nSPS) is 14.9. The van der Waals surface area contributed by atoms with Crippen LogP contribution in [0.25, 0.3) is 11.1 Å². The fourth-order valence-electron chi connectivity index (χ4n) is 4.23. The third-order valence-electron chi connectivity index (χ3n) is 6.23. The number of carbonyl (C=O) groups is 2. The van der Waals surface area contributed by atoms with Gasteiger partial charge < -0.3 is 26.4 Å². The highest BCUT2D eigenvalue weighted by Crippen LogP contribution is 2.24. The molecule has 1 saturated heterocycles. The van der Waals surface area contributed by atoms with Crippen molar-refractivity contribution in [1.29, 1.82) is 0 Å². The van der Waals surface area contributed by atoms with E-state index < -0.39 is 0 Å². The Kier molecular flexibility index (Phi) is 6.46. The van der Waals surface area contributed by atoms with E-state index in [1.165, 1.54) is 0 Å². The SMILES string of the molecule is Cn1cc(-c2cnc(N)c(C(=O)N[C@@H]3CCN(C(=O)c4ccc(Oc5ccc(N)cc5)cc4)C3)c2)cn1. The lowest BCUT2D eigenvalue weighted by Crippen LogP contribution is -2.38. The van der Waals surface area contributed by atoms with Crippen molar-refractivity contribution in [2.45, 2.75) is 12.5 Å². The largest absolute Gasteiger partial charge is 0.457 e. The predicted molar refractivity (Wildman–Crippen MR) is 140 cm³/mol. The Hall–Kier alpha value is -4.86. The van der Waals surface area contributed by atoms with E-state index in [4.69, 9.17) is 16.2 Å². The number of anilines is 2. The molecule has 0 saturated carbocycles. The first-order chi connectivity index (χ1) is 17.9. The van der Waals surface area contributed by atoms with E-state index >= 15 is 0 Å². The van der Waals surface area contributed by atoms with Crippen LogP contribution in [-0.4, -0.2) is 50.6 Å². The molecule has 0 spiro atoms. The molecule has 5 rings (SSSR count). The topological polar surface area (TPSA) is 141 Å². The standard InChI is InChI=1S/C27H27N7O3/c1-33-15-19(14-31-33)18-12-24(25(29)30-13-18)26(35)32-21-10-11-34(16-21)27(36)17-2-6-22(7-3-17)37-23-8-4-20(28)5-9-23/h2-9,12-15,21H,10-11,16,28H2,1H3,(H2,29,30)(H,32,35)/t21-/m1/s1. The van der Waals surface area contributed by atoms with Crippen molar-refractivity contribution < 1.29 is 14.3 Å². The first-order valence-corrected chi connectivity index (χ1v) is 11.8. The fraction of sp³-hybridized carbons (Fsp3) is 0.185. The van der Waals surface area contributed by atoms with Crippen LogP contribution in [0.2, 0.25) is 0 Å². The molecule has 2 aromatic carbocycles. The predicted octanol–water partition coefficient (Wildman–Crippen LogP) is 3.08. The van der Waals surface area contributed by atoms with Gasteiger partial charge >= 0.3 is 0 Å². The van der Waals surface area contributed by atoms with Crippen LogP contribution in [0.1, 0.15) is 27.1 Å². The Bertz CT molecular complexity index is 1430. The monoisotopic (exact) mass is 497 g/mol. The molecular formula is C27H27N7O3. The highest BCUT2D eigenvalue weighted by atomic mass is 16.5. The number of aryl methyl sites for hydroxylation is 1. The summed E-state index contributed by atoms with van der Waals surface area (Å²) >= 11 is 0. The van der Waals surface area contributed by atoms with Gasteiger partial charge in [0.2, 0.25) is 0 Å². The third kappa shape index (κ3) is 5.37. The lowest BCUT2D eigenvalue weighted by Gasteiger charge is -2.18. The van der Waals surface area contributed by atoms with Crippen molar-refractivity contribution in [1.82, 2.24) is 25.0 Å². The summed E-state index contributed by atoms with van der Waals surface area (Å²) in [7, 11) is 1.82. The van der Waals surface area contributed by atoms with E-state index in [-0.39, 0.29) is 23.7 Å². The molecular weight excluding hydrogens is 470 g/mol. The molecule has 0 radical (unpaired) electrons. The van der Waals surface area contributed by atoms with Crippen molar-refractivity contribution in [2.24, 2.45) is 7.05 Å². The number of carbonyl (C=O) groups excluding carboxylic acids is 2.